The van der Waals surface area contributed by atoms with Crippen molar-refractivity contribution in [2.45, 2.75) is 13.3 Å². The lowest BCUT2D eigenvalue weighted by Crippen LogP contribution is -2.17. The molecular weight excluding hydrogens is 370 g/mol. The van der Waals surface area contributed by atoms with Gasteiger partial charge in [-0.15, -0.1) is 21.5 Å². The number of carbonyl (C=O) groups is 2. The molecule has 4 aromatic rings. The summed E-state index contributed by atoms with van der Waals surface area (Å²) in [5, 5.41) is 15.2. The Kier molecular flexibility index (Phi) is 4.34. The molecule has 0 aliphatic heterocycles. The van der Waals surface area contributed by atoms with Crippen LogP contribution in [0.25, 0.3) is 5.65 Å². The molecule has 27 heavy (non-hydrogen) atoms. The maximum absolute atomic E-state index is 12.3. The second-order valence-electron chi connectivity index (χ2n) is 5.57. The Morgan fingerprint density at radius 1 is 1.30 bits per heavy atom. The van der Waals surface area contributed by atoms with E-state index >= 15 is 0 Å². The molecule has 0 unspecified atom stereocenters. The third-order valence-electron chi connectivity index (χ3n) is 3.71. The third-order valence-corrected chi connectivity index (χ3v) is 4.51. The summed E-state index contributed by atoms with van der Waals surface area (Å²) < 4.78 is 6.73. The van der Waals surface area contributed by atoms with Crippen LogP contribution >= 0.6 is 11.3 Å². The van der Waals surface area contributed by atoms with E-state index in [1.165, 1.54) is 30.1 Å². The van der Waals surface area contributed by atoms with Crippen molar-refractivity contribution >= 4 is 39.7 Å². The van der Waals surface area contributed by atoms with Crippen molar-refractivity contribution in [3.05, 3.63) is 53.4 Å². The number of fused-ring (bicyclic) bond motifs is 1. The number of hydrogen-bond donors (Lipinski definition) is 2. The molecule has 0 aliphatic rings. The Labute approximate surface area is 156 Å². The van der Waals surface area contributed by atoms with Gasteiger partial charge in [-0.05, 0) is 13.0 Å². The fourth-order valence-electron chi connectivity index (χ4n) is 2.43. The number of carbonyl (C=O) groups excluding carboxylic acids is 2. The van der Waals surface area contributed by atoms with E-state index in [4.69, 9.17) is 4.42 Å². The number of aromatic nitrogens is 5. The highest BCUT2D eigenvalue weighted by Crippen LogP contribution is 2.19. The minimum absolute atomic E-state index is 0.0512. The Bertz CT molecular complexity index is 1130. The molecule has 4 rings (SSSR count). The summed E-state index contributed by atoms with van der Waals surface area (Å²) in [4.78, 5) is 32.7. The molecule has 0 bridgehead atoms. The number of furan rings is 1. The summed E-state index contributed by atoms with van der Waals surface area (Å²) in [7, 11) is 0. The molecule has 10 nitrogen and oxygen atoms in total. The molecule has 0 atom stereocenters. The molecule has 0 fully saturated rings. The van der Waals surface area contributed by atoms with Gasteiger partial charge in [-0.1, -0.05) is 0 Å². The number of anilines is 2. The van der Waals surface area contributed by atoms with Crippen LogP contribution in [0.4, 0.5) is 10.9 Å². The fourth-order valence-corrected chi connectivity index (χ4v) is 3.13. The highest BCUT2D eigenvalue weighted by atomic mass is 32.1. The van der Waals surface area contributed by atoms with Crippen molar-refractivity contribution in [3.8, 4) is 0 Å². The quantitative estimate of drug-likeness (QED) is 0.539. The van der Waals surface area contributed by atoms with Crippen LogP contribution in [0.2, 0.25) is 0 Å². The summed E-state index contributed by atoms with van der Waals surface area (Å²) in [6, 6.07) is 1.59. The van der Waals surface area contributed by atoms with Crippen LogP contribution in [0.5, 0.6) is 0 Å². The molecule has 4 aromatic heterocycles. The number of nitrogens with one attached hydrogen (secondary N) is 2. The van der Waals surface area contributed by atoms with E-state index < -0.39 is 0 Å². The van der Waals surface area contributed by atoms with Gasteiger partial charge >= 0.3 is 0 Å². The number of hydrogen-bond acceptors (Lipinski definition) is 8. The number of amides is 2. The molecule has 0 aliphatic carbocycles. The fraction of sp³-hybridized carbons (Fsp3) is 0.125. The summed E-state index contributed by atoms with van der Waals surface area (Å²) in [6.07, 6.45) is 6.04. The van der Waals surface area contributed by atoms with Gasteiger partial charge in [0.1, 0.15) is 17.9 Å². The summed E-state index contributed by atoms with van der Waals surface area (Å²) >= 11 is 1.24. The zero-order valence-electron chi connectivity index (χ0n) is 14.0. The topological polar surface area (TPSA) is 127 Å². The first kappa shape index (κ1) is 16.8. The smallest absolute Gasteiger partial charge is 0.260 e. The minimum Gasteiger partial charge on any atom is -0.469 e. The van der Waals surface area contributed by atoms with Crippen molar-refractivity contribution in [1.29, 1.82) is 0 Å². The van der Waals surface area contributed by atoms with E-state index in [2.05, 4.69) is 30.8 Å². The van der Waals surface area contributed by atoms with Crippen LogP contribution in [0.15, 0.2) is 40.8 Å². The van der Waals surface area contributed by atoms with Crippen LogP contribution in [0.3, 0.4) is 0 Å². The van der Waals surface area contributed by atoms with Crippen LogP contribution in [0.1, 0.15) is 21.8 Å². The van der Waals surface area contributed by atoms with E-state index in [0.717, 1.165) is 0 Å². The zero-order chi connectivity index (χ0) is 18.8. The average Bonchev–Trinajstić information content (AvgIpc) is 3.36. The summed E-state index contributed by atoms with van der Waals surface area (Å²) in [5.74, 6) is 0.408. The van der Waals surface area contributed by atoms with E-state index in [1.807, 2.05) is 0 Å². The van der Waals surface area contributed by atoms with Crippen LogP contribution in [-0.4, -0.2) is 36.4 Å². The number of thiazole rings is 1. The van der Waals surface area contributed by atoms with Gasteiger partial charge in [-0.2, -0.15) is 0 Å². The normalized spacial score (nSPS) is 10.9. The van der Waals surface area contributed by atoms with Gasteiger partial charge in [0.15, 0.2) is 10.8 Å². The molecule has 0 aromatic carbocycles. The van der Waals surface area contributed by atoms with Crippen molar-refractivity contribution < 1.29 is 14.0 Å². The van der Waals surface area contributed by atoms with Gasteiger partial charge < -0.3 is 9.73 Å². The molecular formula is C16H13N7O3S. The first-order valence-corrected chi connectivity index (χ1v) is 8.71. The predicted octanol–water partition coefficient (Wildman–Crippen LogP) is 1.92. The molecule has 0 radical (unpaired) electrons. The average molecular weight is 383 g/mol. The molecule has 4 heterocycles. The second kappa shape index (κ2) is 6.96. The highest BCUT2D eigenvalue weighted by Gasteiger charge is 2.15. The lowest BCUT2D eigenvalue weighted by Gasteiger charge is -2.05. The van der Waals surface area contributed by atoms with Crippen LogP contribution in [0, 0.1) is 6.92 Å². The first-order valence-electron chi connectivity index (χ1n) is 7.83. The monoisotopic (exact) mass is 383 g/mol. The van der Waals surface area contributed by atoms with Crippen molar-refractivity contribution in [2.75, 3.05) is 10.6 Å². The number of rotatable bonds is 5. The molecule has 2 amide bonds. The molecule has 0 spiro atoms. The Morgan fingerprint density at radius 2 is 2.19 bits per heavy atom. The van der Waals surface area contributed by atoms with Crippen molar-refractivity contribution in [1.82, 2.24) is 24.6 Å². The van der Waals surface area contributed by atoms with E-state index in [0.29, 0.717) is 33.6 Å². The Balaban J connectivity index is 1.40. The van der Waals surface area contributed by atoms with Crippen LogP contribution in [-0.2, 0) is 11.2 Å². The van der Waals surface area contributed by atoms with E-state index in [9.17, 15) is 9.59 Å². The minimum atomic E-state index is -0.308. The van der Waals surface area contributed by atoms with Gasteiger partial charge in [-0.25, -0.2) is 4.98 Å². The lowest BCUT2D eigenvalue weighted by molar-refractivity contribution is -0.115. The summed E-state index contributed by atoms with van der Waals surface area (Å²) in [6.45, 7) is 1.71. The van der Waals surface area contributed by atoms with Crippen molar-refractivity contribution in [2.24, 2.45) is 0 Å². The SMILES string of the molecule is Cc1occc1C(=O)Nc1nc(CC(=O)Nc2cncc3nncn23)cs1. The van der Waals surface area contributed by atoms with Gasteiger partial charge in [0, 0.05) is 5.38 Å². The first-order chi connectivity index (χ1) is 13.1. The maximum Gasteiger partial charge on any atom is 0.260 e. The molecule has 0 saturated carbocycles. The lowest BCUT2D eigenvalue weighted by atomic mass is 10.2. The van der Waals surface area contributed by atoms with E-state index in [1.54, 1.807) is 29.0 Å². The van der Waals surface area contributed by atoms with Crippen LogP contribution < -0.4 is 10.6 Å². The van der Waals surface area contributed by atoms with Gasteiger partial charge in [0.25, 0.3) is 5.91 Å². The predicted molar refractivity (Wildman–Crippen MR) is 96.6 cm³/mol. The van der Waals surface area contributed by atoms with Gasteiger partial charge in [0.2, 0.25) is 5.91 Å². The van der Waals surface area contributed by atoms with Gasteiger partial charge in [-0.3, -0.25) is 24.3 Å². The third kappa shape index (κ3) is 3.53. The Hall–Kier alpha value is -3.60. The molecule has 136 valence electrons. The highest BCUT2D eigenvalue weighted by molar-refractivity contribution is 7.14. The van der Waals surface area contributed by atoms with Gasteiger partial charge in [0.05, 0.1) is 36.3 Å². The Morgan fingerprint density at radius 3 is 3.00 bits per heavy atom. The largest absolute Gasteiger partial charge is 0.469 e. The molecule has 0 saturated heterocycles. The van der Waals surface area contributed by atoms with Crippen molar-refractivity contribution in [3.63, 3.8) is 0 Å². The second-order valence-corrected chi connectivity index (χ2v) is 6.42. The molecule has 11 heteroatoms. The zero-order valence-corrected chi connectivity index (χ0v) is 14.9. The standard InChI is InChI=1S/C16H13N7O3S/c1-9-11(2-3-26-9)15(25)21-16-19-10(7-27-16)4-14(24)20-12-5-17-6-13-22-18-8-23(12)13/h2-3,5-8H,4H2,1H3,(H,20,24)(H,19,21,25). The summed E-state index contributed by atoms with van der Waals surface area (Å²) in [5.41, 5.74) is 1.51. The number of nitrogens with zero attached hydrogens (tertiary/aromatic N) is 5. The number of aryl methyl sites for hydroxylation is 1. The maximum atomic E-state index is 12.3. The molecule has 2 N–H and O–H groups in total. The van der Waals surface area contributed by atoms with E-state index in [-0.39, 0.29) is 18.2 Å².